The molecule has 1 amide bonds. The number of fused-ring (bicyclic) bond motifs is 3. The summed E-state index contributed by atoms with van der Waals surface area (Å²) in [5.41, 5.74) is 2.14. The van der Waals surface area contributed by atoms with Crippen LogP contribution in [0.5, 0.6) is 11.5 Å². The molecule has 1 aromatic carbocycles. The van der Waals surface area contributed by atoms with Crippen molar-refractivity contribution in [2.75, 3.05) is 34.0 Å². The summed E-state index contributed by atoms with van der Waals surface area (Å²) in [5.74, 6) is 1.19. The molecule has 0 aromatic heterocycles. The predicted molar refractivity (Wildman–Crippen MR) is 74.6 cm³/mol. The third kappa shape index (κ3) is 2.19. The zero-order chi connectivity index (χ0) is 15.0. The van der Waals surface area contributed by atoms with Crippen LogP contribution < -0.4 is 9.47 Å². The van der Waals surface area contributed by atoms with Gasteiger partial charge in [-0.1, -0.05) is 0 Å². The van der Waals surface area contributed by atoms with Gasteiger partial charge in [-0.05, 0) is 29.7 Å². The summed E-state index contributed by atoms with van der Waals surface area (Å²) in [6.07, 6.45) is 0.421. The van der Waals surface area contributed by atoms with Gasteiger partial charge in [0.15, 0.2) is 11.5 Å². The zero-order valence-corrected chi connectivity index (χ0v) is 12.2. The number of aliphatic hydroxyl groups excluding tert-OH is 1. The number of rotatable bonds is 3. The maximum atomic E-state index is 11.9. The second-order valence-electron chi connectivity index (χ2n) is 5.31. The average Bonchev–Trinajstić information content (AvgIpc) is 2.53. The van der Waals surface area contributed by atoms with E-state index in [1.54, 1.807) is 19.1 Å². The fourth-order valence-electron chi connectivity index (χ4n) is 3.19. The number of hydrogen-bond donors (Lipinski definition) is 1. The van der Waals surface area contributed by atoms with Crippen LogP contribution in [0.15, 0.2) is 12.1 Å². The molecule has 114 valence electrons. The largest absolute Gasteiger partial charge is 0.493 e. The van der Waals surface area contributed by atoms with E-state index in [4.69, 9.17) is 14.2 Å². The van der Waals surface area contributed by atoms with Crippen molar-refractivity contribution < 1.29 is 24.1 Å². The molecule has 1 fully saturated rings. The SMILES string of the molecule is COc1cc2c(cc1OC)[C@H]1[C@@H](CO)COC(=O)N1CC2. The maximum absolute atomic E-state index is 11.9. The zero-order valence-electron chi connectivity index (χ0n) is 12.2. The number of amides is 1. The topological polar surface area (TPSA) is 68.2 Å². The molecule has 21 heavy (non-hydrogen) atoms. The van der Waals surface area contributed by atoms with Crippen molar-refractivity contribution in [3.63, 3.8) is 0 Å². The van der Waals surface area contributed by atoms with Crippen molar-refractivity contribution >= 4 is 6.09 Å². The first-order chi connectivity index (χ1) is 10.2. The van der Waals surface area contributed by atoms with Crippen LogP contribution in [0.25, 0.3) is 0 Å². The van der Waals surface area contributed by atoms with Gasteiger partial charge < -0.3 is 24.2 Å². The Morgan fingerprint density at radius 2 is 2.05 bits per heavy atom. The number of carbonyl (C=O) groups excluding carboxylic acids is 1. The van der Waals surface area contributed by atoms with Gasteiger partial charge in [0, 0.05) is 12.5 Å². The molecule has 0 aliphatic carbocycles. The number of carbonyl (C=O) groups is 1. The van der Waals surface area contributed by atoms with Crippen molar-refractivity contribution in [2.45, 2.75) is 12.5 Å². The lowest BCUT2D eigenvalue weighted by atomic mass is 9.84. The van der Waals surface area contributed by atoms with Gasteiger partial charge >= 0.3 is 6.09 Å². The molecule has 0 unspecified atom stereocenters. The van der Waals surface area contributed by atoms with E-state index in [1.165, 1.54) is 0 Å². The lowest BCUT2D eigenvalue weighted by molar-refractivity contribution is -0.0157. The van der Waals surface area contributed by atoms with Gasteiger partial charge in [0.25, 0.3) is 0 Å². The number of methoxy groups -OCH3 is 2. The standard InChI is InChI=1S/C15H19NO5/c1-19-12-5-9-3-4-16-14(11(9)6-13(12)20-2)10(7-17)8-21-15(16)18/h5-6,10,14,17H,3-4,7-8H2,1-2H3/t10-,14+/m0/s1. The highest BCUT2D eigenvalue weighted by molar-refractivity contribution is 5.70. The number of hydrogen-bond acceptors (Lipinski definition) is 5. The summed E-state index contributed by atoms with van der Waals surface area (Å²) in [4.78, 5) is 13.6. The van der Waals surface area contributed by atoms with Gasteiger partial charge in [0.1, 0.15) is 6.61 Å². The minimum Gasteiger partial charge on any atom is -0.493 e. The predicted octanol–water partition coefficient (Wildman–Crippen LogP) is 1.36. The maximum Gasteiger partial charge on any atom is 0.410 e. The first-order valence-electron chi connectivity index (χ1n) is 6.98. The summed E-state index contributed by atoms with van der Waals surface area (Å²) < 4.78 is 15.8. The molecule has 1 aromatic rings. The molecular weight excluding hydrogens is 274 g/mol. The Balaban J connectivity index is 2.08. The summed E-state index contributed by atoms with van der Waals surface area (Å²) in [5, 5.41) is 9.60. The minimum atomic E-state index is -0.315. The molecule has 1 N–H and O–H groups in total. The van der Waals surface area contributed by atoms with Gasteiger partial charge in [0.2, 0.25) is 0 Å². The van der Waals surface area contributed by atoms with Crippen molar-refractivity contribution in [1.82, 2.24) is 4.90 Å². The van der Waals surface area contributed by atoms with Crippen LogP contribution in [0.4, 0.5) is 4.79 Å². The Labute approximate surface area is 123 Å². The van der Waals surface area contributed by atoms with Crippen LogP contribution >= 0.6 is 0 Å². The highest BCUT2D eigenvalue weighted by Gasteiger charge is 2.41. The quantitative estimate of drug-likeness (QED) is 0.911. The summed E-state index contributed by atoms with van der Waals surface area (Å²) in [6, 6.07) is 3.70. The second-order valence-corrected chi connectivity index (χ2v) is 5.31. The number of cyclic esters (lactones) is 1. The molecule has 2 atom stereocenters. The van der Waals surface area contributed by atoms with Crippen LogP contribution in [-0.4, -0.2) is 50.1 Å². The van der Waals surface area contributed by atoms with Gasteiger partial charge in [-0.2, -0.15) is 0 Å². The highest BCUT2D eigenvalue weighted by Crippen LogP contribution is 2.42. The van der Waals surface area contributed by atoms with Gasteiger partial charge in [-0.15, -0.1) is 0 Å². The molecule has 0 bridgehead atoms. The van der Waals surface area contributed by atoms with E-state index in [-0.39, 0.29) is 31.3 Å². The number of benzene rings is 1. The van der Waals surface area contributed by atoms with Crippen molar-refractivity contribution in [3.05, 3.63) is 23.3 Å². The molecule has 1 saturated heterocycles. The monoisotopic (exact) mass is 293 g/mol. The molecule has 0 radical (unpaired) electrons. The normalized spacial score (nSPS) is 24.0. The molecule has 0 saturated carbocycles. The van der Waals surface area contributed by atoms with E-state index < -0.39 is 0 Å². The highest BCUT2D eigenvalue weighted by atomic mass is 16.6. The molecule has 0 spiro atoms. The second kappa shape index (κ2) is 5.44. The van der Waals surface area contributed by atoms with Crippen molar-refractivity contribution in [1.29, 1.82) is 0 Å². The summed E-state index contributed by atoms with van der Waals surface area (Å²) >= 11 is 0. The smallest absolute Gasteiger partial charge is 0.410 e. The number of ether oxygens (including phenoxy) is 3. The van der Waals surface area contributed by atoms with Gasteiger partial charge in [-0.25, -0.2) is 4.79 Å². The van der Waals surface area contributed by atoms with Gasteiger partial charge in [-0.3, -0.25) is 0 Å². The molecule has 2 heterocycles. The number of nitrogens with zero attached hydrogens (tertiary/aromatic N) is 1. The fourth-order valence-corrected chi connectivity index (χ4v) is 3.19. The van der Waals surface area contributed by atoms with E-state index in [1.807, 2.05) is 12.1 Å². The molecule has 2 aliphatic heterocycles. The van der Waals surface area contributed by atoms with E-state index >= 15 is 0 Å². The Hall–Kier alpha value is -1.95. The third-order valence-electron chi connectivity index (χ3n) is 4.26. The number of aliphatic hydroxyl groups is 1. The fraction of sp³-hybridized carbons (Fsp3) is 0.533. The molecule has 6 nitrogen and oxygen atoms in total. The first-order valence-corrected chi connectivity index (χ1v) is 6.98. The summed E-state index contributed by atoms with van der Waals surface area (Å²) in [6.45, 7) is 0.801. The lowest BCUT2D eigenvalue weighted by Gasteiger charge is -2.43. The Morgan fingerprint density at radius 1 is 1.33 bits per heavy atom. The van der Waals surface area contributed by atoms with Crippen molar-refractivity contribution in [3.8, 4) is 11.5 Å². The van der Waals surface area contributed by atoms with Gasteiger partial charge in [0.05, 0.1) is 26.9 Å². The molecule has 3 rings (SSSR count). The van der Waals surface area contributed by atoms with Crippen molar-refractivity contribution in [2.24, 2.45) is 5.92 Å². The lowest BCUT2D eigenvalue weighted by Crippen LogP contribution is -2.49. The first kappa shape index (κ1) is 14.0. The van der Waals surface area contributed by atoms with Crippen LogP contribution in [-0.2, 0) is 11.2 Å². The minimum absolute atomic E-state index is 0.0256. The average molecular weight is 293 g/mol. The van der Waals surface area contributed by atoms with E-state index in [0.29, 0.717) is 18.0 Å². The molecular formula is C15H19NO5. The van der Waals surface area contributed by atoms with Crippen LogP contribution in [0, 0.1) is 5.92 Å². The van der Waals surface area contributed by atoms with E-state index in [0.717, 1.165) is 17.5 Å². The van der Waals surface area contributed by atoms with Crippen LogP contribution in [0.3, 0.4) is 0 Å². The summed E-state index contributed by atoms with van der Waals surface area (Å²) in [7, 11) is 3.19. The molecule has 2 aliphatic rings. The Bertz CT molecular complexity index is 559. The van der Waals surface area contributed by atoms with E-state index in [9.17, 15) is 9.90 Å². The molecule has 6 heteroatoms. The van der Waals surface area contributed by atoms with Crippen LogP contribution in [0.2, 0.25) is 0 Å². The Kier molecular flexibility index (Phi) is 3.63. The van der Waals surface area contributed by atoms with E-state index in [2.05, 4.69) is 0 Å². The Morgan fingerprint density at radius 3 is 2.71 bits per heavy atom. The van der Waals surface area contributed by atoms with Crippen LogP contribution in [0.1, 0.15) is 17.2 Å². The third-order valence-corrected chi connectivity index (χ3v) is 4.26.